The van der Waals surface area contributed by atoms with Crippen LogP contribution in [-0.4, -0.2) is 15.0 Å². The second-order valence-electron chi connectivity index (χ2n) is 4.20. The van der Waals surface area contributed by atoms with E-state index in [1.54, 1.807) is 0 Å². The highest BCUT2D eigenvalue weighted by molar-refractivity contribution is 9.10. The minimum Gasteiger partial charge on any atom is -0.248 e. The van der Waals surface area contributed by atoms with Crippen molar-refractivity contribution in [1.82, 2.24) is 15.0 Å². The second kappa shape index (κ2) is 6.26. The zero-order valence-electron chi connectivity index (χ0n) is 9.83. The Morgan fingerprint density at radius 2 is 2.00 bits per heavy atom. The Kier molecular flexibility index (Phi) is 5.29. The Morgan fingerprint density at radius 3 is 2.60 bits per heavy atom. The van der Waals surface area contributed by atoms with Crippen molar-refractivity contribution in [3.8, 4) is 0 Å². The van der Waals surface area contributed by atoms with E-state index in [1.165, 1.54) is 31.4 Å². The quantitative estimate of drug-likeness (QED) is 0.740. The van der Waals surface area contributed by atoms with Crippen LogP contribution in [0.15, 0.2) is 4.60 Å². The molecule has 0 amide bonds. The SMILES string of the molecule is CCCCCCn1nnc(Br)c1C(C)C. The van der Waals surface area contributed by atoms with Crippen LogP contribution in [0, 0.1) is 0 Å². The summed E-state index contributed by atoms with van der Waals surface area (Å²) in [5, 5.41) is 8.22. The van der Waals surface area contributed by atoms with Gasteiger partial charge in [0.05, 0.1) is 5.69 Å². The zero-order valence-corrected chi connectivity index (χ0v) is 11.4. The maximum Gasteiger partial charge on any atom is 0.151 e. The molecule has 1 aromatic heterocycles. The van der Waals surface area contributed by atoms with Crippen LogP contribution in [0.2, 0.25) is 0 Å². The van der Waals surface area contributed by atoms with Gasteiger partial charge in [-0.2, -0.15) is 0 Å². The van der Waals surface area contributed by atoms with Crippen LogP contribution < -0.4 is 0 Å². The van der Waals surface area contributed by atoms with E-state index in [0.29, 0.717) is 5.92 Å². The van der Waals surface area contributed by atoms with E-state index in [-0.39, 0.29) is 0 Å². The molecule has 0 atom stereocenters. The number of nitrogens with zero attached hydrogens (tertiary/aromatic N) is 3. The average Bonchev–Trinajstić information content (AvgIpc) is 2.54. The predicted molar refractivity (Wildman–Crippen MR) is 66.0 cm³/mol. The Hall–Kier alpha value is -0.380. The van der Waals surface area contributed by atoms with Crippen LogP contribution in [0.25, 0.3) is 0 Å². The van der Waals surface area contributed by atoms with Crippen molar-refractivity contribution in [2.24, 2.45) is 0 Å². The summed E-state index contributed by atoms with van der Waals surface area (Å²) < 4.78 is 2.93. The predicted octanol–water partition coefficient (Wildman–Crippen LogP) is 3.74. The maximum atomic E-state index is 4.15. The first-order valence-electron chi connectivity index (χ1n) is 5.75. The largest absolute Gasteiger partial charge is 0.248 e. The van der Waals surface area contributed by atoms with Crippen molar-refractivity contribution in [1.29, 1.82) is 0 Å². The van der Waals surface area contributed by atoms with E-state index in [1.807, 2.05) is 4.68 Å². The highest BCUT2D eigenvalue weighted by Crippen LogP contribution is 2.22. The van der Waals surface area contributed by atoms with Crippen LogP contribution in [0.1, 0.15) is 58.1 Å². The lowest BCUT2D eigenvalue weighted by molar-refractivity contribution is 0.503. The normalized spacial score (nSPS) is 11.3. The van der Waals surface area contributed by atoms with Crippen molar-refractivity contribution < 1.29 is 0 Å². The highest BCUT2D eigenvalue weighted by Gasteiger charge is 2.13. The van der Waals surface area contributed by atoms with Gasteiger partial charge in [0.1, 0.15) is 0 Å². The smallest absolute Gasteiger partial charge is 0.151 e. The fraction of sp³-hybridized carbons (Fsp3) is 0.818. The lowest BCUT2D eigenvalue weighted by Crippen LogP contribution is -2.06. The van der Waals surface area contributed by atoms with E-state index in [2.05, 4.69) is 47.0 Å². The molecule has 0 unspecified atom stereocenters. The molecule has 15 heavy (non-hydrogen) atoms. The summed E-state index contributed by atoms with van der Waals surface area (Å²) in [5.41, 5.74) is 1.21. The number of hydrogen-bond acceptors (Lipinski definition) is 2. The topological polar surface area (TPSA) is 30.7 Å². The molecular formula is C11H20BrN3. The summed E-state index contributed by atoms with van der Waals surface area (Å²) in [6.45, 7) is 7.57. The van der Waals surface area contributed by atoms with Crippen molar-refractivity contribution >= 4 is 15.9 Å². The number of halogens is 1. The molecule has 0 aliphatic rings. The molecule has 0 radical (unpaired) electrons. The van der Waals surface area contributed by atoms with Gasteiger partial charge in [-0.1, -0.05) is 45.2 Å². The first-order valence-corrected chi connectivity index (χ1v) is 6.55. The molecule has 4 heteroatoms. The van der Waals surface area contributed by atoms with Gasteiger partial charge in [0.2, 0.25) is 0 Å². The van der Waals surface area contributed by atoms with E-state index in [4.69, 9.17) is 0 Å². The van der Waals surface area contributed by atoms with Crippen LogP contribution in [-0.2, 0) is 6.54 Å². The van der Waals surface area contributed by atoms with Gasteiger partial charge in [-0.15, -0.1) is 5.10 Å². The number of unbranched alkanes of at least 4 members (excludes halogenated alkanes) is 3. The molecule has 0 saturated heterocycles. The Balaban J connectivity index is 2.53. The molecular weight excluding hydrogens is 254 g/mol. The van der Waals surface area contributed by atoms with Crippen LogP contribution in [0.5, 0.6) is 0 Å². The highest BCUT2D eigenvalue weighted by atomic mass is 79.9. The number of hydrogen-bond donors (Lipinski definition) is 0. The lowest BCUT2D eigenvalue weighted by Gasteiger charge is -2.08. The third-order valence-electron chi connectivity index (χ3n) is 2.50. The molecule has 0 saturated carbocycles. The first-order chi connectivity index (χ1) is 7.16. The third kappa shape index (κ3) is 3.59. The molecule has 1 rings (SSSR count). The summed E-state index contributed by atoms with van der Waals surface area (Å²) in [6.07, 6.45) is 5.07. The summed E-state index contributed by atoms with van der Waals surface area (Å²) in [5.74, 6) is 0.473. The maximum absolute atomic E-state index is 4.15. The van der Waals surface area contributed by atoms with E-state index < -0.39 is 0 Å². The van der Waals surface area contributed by atoms with Gasteiger partial charge in [0.25, 0.3) is 0 Å². The second-order valence-corrected chi connectivity index (χ2v) is 4.96. The molecule has 0 aliphatic heterocycles. The van der Waals surface area contributed by atoms with Crippen LogP contribution >= 0.6 is 15.9 Å². The number of aryl methyl sites for hydroxylation is 1. The van der Waals surface area contributed by atoms with Crippen LogP contribution in [0.4, 0.5) is 0 Å². The summed E-state index contributed by atoms with van der Waals surface area (Å²) in [6, 6.07) is 0. The van der Waals surface area contributed by atoms with Crippen LogP contribution in [0.3, 0.4) is 0 Å². The Labute approximate surface area is 100 Å². The van der Waals surface area contributed by atoms with Gasteiger partial charge < -0.3 is 0 Å². The molecule has 0 N–H and O–H groups in total. The molecule has 0 aromatic carbocycles. The van der Waals surface area contributed by atoms with Gasteiger partial charge in [-0.25, -0.2) is 4.68 Å². The van der Waals surface area contributed by atoms with Gasteiger partial charge in [0.15, 0.2) is 4.60 Å². The van der Waals surface area contributed by atoms with Gasteiger partial charge in [0, 0.05) is 6.54 Å². The summed E-state index contributed by atoms with van der Waals surface area (Å²) in [7, 11) is 0. The van der Waals surface area contributed by atoms with Crippen molar-refractivity contribution in [2.45, 2.75) is 58.9 Å². The van der Waals surface area contributed by atoms with Gasteiger partial charge >= 0.3 is 0 Å². The molecule has 86 valence electrons. The van der Waals surface area contributed by atoms with Crippen molar-refractivity contribution in [2.75, 3.05) is 0 Å². The monoisotopic (exact) mass is 273 g/mol. The molecule has 0 spiro atoms. The minimum absolute atomic E-state index is 0.473. The van der Waals surface area contributed by atoms with Gasteiger partial charge in [-0.3, -0.25) is 0 Å². The molecule has 1 heterocycles. The molecule has 0 aliphatic carbocycles. The lowest BCUT2D eigenvalue weighted by atomic mass is 10.1. The fourth-order valence-corrected chi connectivity index (χ4v) is 2.42. The molecule has 1 aromatic rings. The van der Waals surface area contributed by atoms with E-state index in [9.17, 15) is 0 Å². The fourth-order valence-electron chi connectivity index (χ4n) is 1.69. The van der Waals surface area contributed by atoms with Crippen molar-refractivity contribution in [3.63, 3.8) is 0 Å². The molecule has 3 nitrogen and oxygen atoms in total. The van der Waals surface area contributed by atoms with Gasteiger partial charge in [-0.05, 0) is 28.3 Å². The first kappa shape index (κ1) is 12.7. The molecule has 0 bridgehead atoms. The minimum atomic E-state index is 0.473. The number of aromatic nitrogens is 3. The third-order valence-corrected chi connectivity index (χ3v) is 3.07. The standard InChI is InChI=1S/C11H20BrN3/c1-4-5-6-7-8-15-10(9(2)3)11(12)13-14-15/h9H,4-8H2,1-3H3. The summed E-state index contributed by atoms with van der Waals surface area (Å²) >= 11 is 3.45. The Morgan fingerprint density at radius 1 is 1.27 bits per heavy atom. The molecule has 0 fully saturated rings. The van der Waals surface area contributed by atoms with Crippen molar-refractivity contribution in [3.05, 3.63) is 10.3 Å². The average molecular weight is 274 g/mol. The van der Waals surface area contributed by atoms with E-state index in [0.717, 1.165) is 11.1 Å². The zero-order chi connectivity index (χ0) is 11.3. The number of rotatable bonds is 6. The van der Waals surface area contributed by atoms with E-state index >= 15 is 0 Å². The summed E-state index contributed by atoms with van der Waals surface area (Å²) in [4.78, 5) is 0. The Bertz CT molecular complexity index is 294.